The summed E-state index contributed by atoms with van der Waals surface area (Å²) in [5.74, 6) is -1.66. The van der Waals surface area contributed by atoms with Crippen molar-refractivity contribution in [3.05, 3.63) is 45.4 Å². The van der Waals surface area contributed by atoms with Crippen molar-refractivity contribution in [2.75, 3.05) is 0 Å². The second kappa shape index (κ2) is 6.39. The predicted molar refractivity (Wildman–Crippen MR) is 83.4 cm³/mol. The van der Waals surface area contributed by atoms with Gasteiger partial charge in [-0.2, -0.15) is 13.2 Å². The van der Waals surface area contributed by atoms with Crippen molar-refractivity contribution in [2.45, 2.75) is 37.2 Å². The maximum absolute atomic E-state index is 13.2. The van der Waals surface area contributed by atoms with Crippen LogP contribution in [-0.4, -0.2) is 17.3 Å². The first-order valence-electron chi connectivity index (χ1n) is 7.67. The summed E-state index contributed by atoms with van der Waals surface area (Å²) >= 11 is 0.569. The van der Waals surface area contributed by atoms with Crippen molar-refractivity contribution in [2.24, 2.45) is 5.73 Å². The van der Waals surface area contributed by atoms with E-state index in [1.165, 1.54) is 12.1 Å². The van der Waals surface area contributed by atoms with Gasteiger partial charge < -0.3 is 10.5 Å². The van der Waals surface area contributed by atoms with Gasteiger partial charge in [0, 0.05) is 5.41 Å². The minimum absolute atomic E-state index is 0.0689. The Balaban J connectivity index is 2.00. The molecular weight excluding hydrogens is 398 g/mol. The van der Waals surface area contributed by atoms with Gasteiger partial charge in [0.25, 0.3) is 5.91 Å². The van der Waals surface area contributed by atoms with Crippen LogP contribution in [0.25, 0.3) is 0 Å². The number of benzene rings is 1. The van der Waals surface area contributed by atoms with Crippen molar-refractivity contribution in [1.82, 2.24) is 4.98 Å². The number of nitrogens with zero attached hydrogens (tertiary/aromatic N) is 1. The highest BCUT2D eigenvalue weighted by atomic mass is 32.1. The van der Waals surface area contributed by atoms with Crippen LogP contribution >= 0.6 is 11.3 Å². The van der Waals surface area contributed by atoms with E-state index in [2.05, 4.69) is 9.72 Å². The highest BCUT2D eigenvalue weighted by Crippen LogP contribution is 2.51. The van der Waals surface area contributed by atoms with Crippen LogP contribution in [0, 0.1) is 0 Å². The van der Waals surface area contributed by atoms with E-state index in [0.717, 1.165) is 12.1 Å². The van der Waals surface area contributed by atoms with Gasteiger partial charge in [0.2, 0.25) is 0 Å². The number of thiazole rings is 1. The molecule has 0 aliphatic heterocycles. The van der Waals surface area contributed by atoms with Crippen LogP contribution in [0.15, 0.2) is 24.3 Å². The summed E-state index contributed by atoms with van der Waals surface area (Å²) < 4.78 is 80.1. The number of halogens is 6. The molecule has 1 saturated carbocycles. The molecule has 1 aromatic carbocycles. The number of hydrogen-bond donors (Lipinski definition) is 1. The number of aromatic nitrogens is 1. The number of nitrogens with two attached hydrogens (primary N) is 1. The number of hydrogen-bond acceptors (Lipinski definition) is 4. The third-order valence-corrected chi connectivity index (χ3v) is 5.65. The quantitative estimate of drug-likeness (QED) is 0.748. The molecule has 2 N–H and O–H groups in total. The van der Waals surface area contributed by atoms with E-state index < -0.39 is 40.2 Å². The van der Waals surface area contributed by atoms with Crippen molar-refractivity contribution in [3.63, 3.8) is 0 Å². The Labute approximate surface area is 153 Å². The number of carbonyl (C=O) groups is 1. The topological polar surface area (TPSA) is 65.2 Å². The van der Waals surface area contributed by atoms with Crippen LogP contribution in [-0.2, 0) is 11.6 Å². The summed E-state index contributed by atoms with van der Waals surface area (Å²) in [6.45, 7) is 0. The predicted octanol–water partition coefficient (Wildman–Crippen LogP) is 4.63. The molecule has 0 atom stereocenters. The third kappa shape index (κ3) is 3.73. The molecule has 1 aliphatic carbocycles. The van der Waals surface area contributed by atoms with Crippen molar-refractivity contribution in [1.29, 1.82) is 0 Å². The summed E-state index contributed by atoms with van der Waals surface area (Å²) in [4.78, 5) is 14.4. The molecule has 146 valence electrons. The van der Waals surface area contributed by atoms with E-state index >= 15 is 0 Å². The first kappa shape index (κ1) is 19.5. The van der Waals surface area contributed by atoms with Crippen LogP contribution in [0.5, 0.6) is 5.75 Å². The molecule has 0 radical (unpaired) electrons. The molecule has 0 spiro atoms. The van der Waals surface area contributed by atoms with Gasteiger partial charge in [-0.1, -0.05) is 18.6 Å². The molecular formula is C16H12F6N2O2S. The molecule has 1 amide bonds. The SMILES string of the molecule is NC(=O)c1sc(C2(c3ccc(OC(F)(F)F)cc3)CCC2)nc1C(F)(F)F. The lowest BCUT2D eigenvalue weighted by Crippen LogP contribution is -2.35. The van der Waals surface area contributed by atoms with Crippen molar-refractivity contribution < 1.29 is 35.9 Å². The number of ether oxygens (including phenoxy) is 1. The highest BCUT2D eigenvalue weighted by Gasteiger charge is 2.47. The van der Waals surface area contributed by atoms with E-state index in [1.807, 2.05) is 0 Å². The molecule has 2 aromatic rings. The summed E-state index contributed by atoms with van der Waals surface area (Å²) in [5.41, 5.74) is 3.33. The van der Waals surface area contributed by atoms with Gasteiger partial charge in [-0.15, -0.1) is 24.5 Å². The Morgan fingerprint density at radius 1 is 1.11 bits per heavy atom. The van der Waals surface area contributed by atoms with E-state index in [9.17, 15) is 31.1 Å². The third-order valence-electron chi connectivity index (χ3n) is 4.38. The first-order valence-corrected chi connectivity index (χ1v) is 8.49. The zero-order chi connectivity index (χ0) is 20.0. The smallest absolute Gasteiger partial charge is 0.406 e. The van der Waals surface area contributed by atoms with E-state index in [1.54, 1.807) is 0 Å². The van der Waals surface area contributed by atoms with Crippen LogP contribution in [0.2, 0.25) is 0 Å². The van der Waals surface area contributed by atoms with Gasteiger partial charge in [-0.25, -0.2) is 4.98 Å². The molecule has 11 heteroatoms. The molecule has 0 saturated heterocycles. The number of alkyl halides is 6. The number of primary amides is 1. The Morgan fingerprint density at radius 2 is 1.70 bits per heavy atom. The maximum Gasteiger partial charge on any atom is 0.573 e. The monoisotopic (exact) mass is 410 g/mol. The lowest BCUT2D eigenvalue weighted by Gasteiger charge is -2.40. The van der Waals surface area contributed by atoms with E-state index in [-0.39, 0.29) is 5.01 Å². The maximum atomic E-state index is 13.2. The zero-order valence-corrected chi connectivity index (χ0v) is 14.3. The average molecular weight is 410 g/mol. The second-order valence-electron chi connectivity index (χ2n) is 6.07. The highest BCUT2D eigenvalue weighted by molar-refractivity contribution is 7.14. The largest absolute Gasteiger partial charge is 0.573 e. The lowest BCUT2D eigenvalue weighted by atomic mass is 9.65. The molecule has 0 bridgehead atoms. The van der Waals surface area contributed by atoms with Crippen LogP contribution in [0.4, 0.5) is 26.3 Å². The minimum atomic E-state index is -4.84. The van der Waals surface area contributed by atoms with Crippen LogP contribution in [0.3, 0.4) is 0 Å². The van der Waals surface area contributed by atoms with E-state index in [4.69, 9.17) is 5.73 Å². The normalized spacial score (nSPS) is 16.7. The summed E-state index contributed by atoms with van der Waals surface area (Å²) in [6.07, 6.45) is -8.07. The second-order valence-corrected chi connectivity index (χ2v) is 7.07. The fourth-order valence-electron chi connectivity index (χ4n) is 3.02. The molecule has 0 unspecified atom stereocenters. The standard InChI is InChI=1S/C16H12F6N2O2S/c17-15(18,19)11-10(12(23)25)27-13(24-11)14(6-1-7-14)8-2-4-9(5-3-8)26-16(20,21)22/h2-5H,1,6-7H2,(H2,23,25). The van der Waals surface area contributed by atoms with Gasteiger partial charge in [0.05, 0.1) is 0 Å². The van der Waals surface area contributed by atoms with Crippen molar-refractivity contribution in [3.8, 4) is 5.75 Å². The Kier molecular flexibility index (Phi) is 4.61. The number of rotatable bonds is 4. The Hall–Kier alpha value is -2.30. The fraction of sp³-hybridized carbons (Fsp3) is 0.375. The van der Waals surface area contributed by atoms with Gasteiger partial charge in [-0.3, -0.25) is 4.79 Å². The van der Waals surface area contributed by atoms with Crippen LogP contribution in [0.1, 0.15) is 45.2 Å². The average Bonchev–Trinajstić information content (AvgIpc) is 2.92. The molecule has 1 aliphatic rings. The summed E-state index contributed by atoms with van der Waals surface area (Å²) in [5, 5.41) is 0.0689. The van der Waals surface area contributed by atoms with Gasteiger partial charge in [-0.05, 0) is 30.5 Å². The molecule has 27 heavy (non-hydrogen) atoms. The first-order chi connectivity index (χ1) is 12.4. The lowest BCUT2D eigenvalue weighted by molar-refractivity contribution is -0.274. The van der Waals surface area contributed by atoms with E-state index in [0.29, 0.717) is 36.2 Å². The summed E-state index contributed by atoms with van der Waals surface area (Å²) in [6, 6.07) is 4.91. The molecule has 1 heterocycles. The minimum Gasteiger partial charge on any atom is -0.406 e. The molecule has 3 rings (SSSR count). The Bertz CT molecular complexity index is 853. The molecule has 1 fully saturated rings. The summed E-state index contributed by atoms with van der Waals surface area (Å²) in [7, 11) is 0. The molecule has 1 aromatic heterocycles. The van der Waals surface area contributed by atoms with Crippen molar-refractivity contribution >= 4 is 17.2 Å². The number of carbonyl (C=O) groups excluding carboxylic acids is 1. The Morgan fingerprint density at radius 3 is 2.07 bits per heavy atom. The van der Waals surface area contributed by atoms with Gasteiger partial charge in [0.1, 0.15) is 15.6 Å². The van der Waals surface area contributed by atoms with Gasteiger partial charge in [0.15, 0.2) is 5.69 Å². The fourth-order valence-corrected chi connectivity index (χ4v) is 4.22. The molecule has 4 nitrogen and oxygen atoms in total. The van der Waals surface area contributed by atoms with Gasteiger partial charge >= 0.3 is 12.5 Å². The zero-order valence-electron chi connectivity index (χ0n) is 13.4. The van der Waals surface area contributed by atoms with Crippen LogP contribution < -0.4 is 10.5 Å². The number of amides is 1.